The van der Waals surface area contributed by atoms with Gasteiger partial charge in [-0.1, -0.05) is 24.3 Å². The molecule has 1 fully saturated rings. The van der Waals surface area contributed by atoms with E-state index in [2.05, 4.69) is 52.8 Å². The van der Waals surface area contributed by atoms with Crippen LogP contribution < -0.4 is 5.43 Å². The lowest BCUT2D eigenvalue weighted by Crippen LogP contribution is -2.31. The van der Waals surface area contributed by atoms with E-state index >= 15 is 0 Å². The minimum Gasteiger partial charge on any atom is -0.390 e. The van der Waals surface area contributed by atoms with Gasteiger partial charge in [0.15, 0.2) is 0 Å². The van der Waals surface area contributed by atoms with Crippen LogP contribution in [0.25, 0.3) is 0 Å². The summed E-state index contributed by atoms with van der Waals surface area (Å²) in [6.07, 6.45) is 5.96. The molecule has 5 heteroatoms. The topological polar surface area (TPSA) is 38.7 Å². The van der Waals surface area contributed by atoms with Gasteiger partial charge in [-0.05, 0) is 99.6 Å². The van der Waals surface area contributed by atoms with E-state index in [1.54, 1.807) is 6.07 Å². The Labute approximate surface area is 185 Å². The predicted octanol–water partition coefficient (Wildman–Crippen LogP) is 4.75. The second kappa shape index (κ2) is 9.01. The molecule has 2 aromatic carbocycles. The van der Waals surface area contributed by atoms with Crippen molar-refractivity contribution in [1.29, 1.82) is 0 Å². The van der Waals surface area contributed by atoms with E-state index in [1.165, 1.54) is 17.2 Å². The molecular weight excluding hydrogens is 389 g/mol. The molecule has 4 nitrogen and oxygen atoms in total. The van der Waals surface area contributed by atoms with Crippen LogP contribution in [0.2, 0.25) is 0 Å². The molecule has 2 aromatic rings. The molecule has 0 aliphatic carbocycles. The molecule has 0 spiro atoms. The Morgan fingerprint density at radius 1 is 1.06 bits per heavy atom. The first-order valence-electron chi connectivity index (χ1n) is 11.3. The van der Waals surface area contributed by atoms with Gasteiger partial charge in [0.2, 0.25) is 0 Å². The normalized spacial score (nSPS) is 18.2. The van der Waals surface area contributed by atoms with E-state index in [0.29, 0.717) is 12.3 Å². The van der Waals surface area contributed by atoms with Crippen molar-refractivity contribution in [2.24, 2.45) is 5.92 Å². The van der Waals surface area contributed by atoms with E-state index in [9.17, 15) is 9.50 Å². The Morgan fingerprint density at radius 2 is 1.74 bits per heavy atom. The minimum absolute atomic E-state index is 0.181. The number of benzene rings is 2. The van der Waals surface area contributed by atoms with Gasteiger partial charge in [0.05, 0.1) is 17.8 Å². The molecule has 4 rings (SSSR count). The summed E-state index contributed by atoms with van der Waals surface area (Å²) < 4.78 is 14.0. The number of hydrazine groups is 1. The summed E-state index contributed by atoms with van der Waals surface area (Å²) in [5.74, 6) is 0.350. The number of likely N-dealkylation sites (tertiary alicyclic amines) is 1. The maximum absolute atomic E-state index is 14.0. The molecular formula is C26H34FN3O. The largest absolute Gasteiger partial charge is 0.390 e. The van der Waals surface area contributed by atoms with E-state index in [-0.39, 0.29) is 5.82 Å². The average Bonchev–Trinajstić information content (AvgIpc) is 2.87. The standard InChI is InChI=1S/C26H34FN3O/c1-26(2,31)16-19-4-6-20(7-5-19)17-30-18-23(21-10-12-29(3)13-11-21)14-22-15-24(27)8-9-25(22)28-30/h4-9,15,18,21,28,31H,10-14,16-17H2,1-3H3. The van der Waals surface area contributed by atoms with Crippen molar-refractivity contribution in [2.75, 3.05) is 25.6 Å². The van der Waals surface area contributed by atoms with Gasteiger partial charge < -0.3 is 10.0 Å². The highest BCUT2D eigenvalue weighted by Gasteiger charge is 2.24. The molecule has 0 bridgehead atoms. The van der Waals surface area contributed by atoms with Crippen molar-refractivity contribution in [1.82, 2.24) is 9.91 Å². The smallest absolute Gasteiger partial charge is 0.123 e. The quantitative estimate of drug-likeness (QED) is 0.728. The fraction of sp³-hybridized carbons (Fsp3) is 0.462. The highest BCUT2D eigenvalue weighted by molar-refractivity contribution is 5.54. The molecule has 1 saturated heterocycles. The summed E-state index contributed by atoms with van der Waals surface area (Å²) in [7, 11) is 2.18. The van der Waals surface area contributed by atoms with Crippen molar-refractivity contribution >= 4 is 5.69 Å². The first kappa shape index (κ1) is 21.8. The Bertz CT molecular complexity index is 925. The van der Waals surface area contributed by atoms with Gasteiger partial charge in [-0.15, -0.1) is 0 Å². The molecule has 2 aliphatic heterocycles. The molecule has 0 amide bonds. The monoisotopic (exact) mass is 423 g/mol. The zero-order valence-electron chi connectivity index (χ0n) is 18.9. The number of nitrogens with zero attached hydrogens (tertiary/aromatic N) is 2. The predicted molar refractivity (Wildman–Crippen MR) is 124 cm³/mol. The number of nitrogens with one attached hydrogen (secondary N) is 1. The molecule has 0 atom stereocenters. The van der Waals surface area contributed by atoms with E-state index in [1.807, 2.05) is 19.9 Å². The number of fused-ring (bicyclic) bond motifs is 1. The Kier molecular flexibility index (Phi) is 6.35. The molecule has 31 heavy (non-hydrogen) atoms. The van der Waals surface area contributed by atoms with Gasteiger partial charge >= 0.3 is 0 Å². The van der Waals surface area contributed by atoms with Crippen LogP contribution in [0.5, 0.6) is 0 Å². The average molecular weight is 424 g/mol. The Balaban J connectivity index is 1.56. The third-order valence-corrected chi connectivity index (χ3v) is 6.30. The lowest BCUT2D eigenvalue weighted by atomic mass is 9.86. The lowest BCUT2D eigenvalue weighted by Gasteiger charge is -2.31. The summed E-state index contributed by atoms with van der Waals surface area (Å²) >= 11 is 0. The van der Waals surface area contributed by atoms with Crippen molar-refractivity contribution < 1.29 is 9.50 Å². The molecule has 2 heterocycles. The zero-order chi connectivity index (χ0) is 22.0. The van der Waals surface area contributed by atoms with Gasteiger partial charge in [-0.3, -0.25) is 10.4 Å². The summed E-state index contributed by atoms with van der Waals surface area (Å²) in [5.41, 5.74) is 8.49. The molecule has 2 N–H and O–H groups in total. The van der Waals surface area contributed by atoms with E-state index in [4.69, 9.17) is 0 Å². The Morgan fingerprint density at radius 3 is 2.42 bits per heavy atom. The van der Waals surface area contributed by atoms with Crippen LogP contribution in [0.1, 0.15) is 43.4 Å². The molecule has 0 radical (unpaired) electrons. The maximum Gasteiger partial charge on any atom is 0.123 e. The highest BCUT2D eigenvalue weighted by atomic mass is 19.1. The number of anilines is 1. The number of piperidine rings is 1. The van der Waals surface area contributed by atoms with Crippen LogP contribution in [-0.4, -0.2) is 40.8 Å². The van der Waals surface area contributed by atoms with Crippen LogP contribution in [-0.2, 0) is 19.4 Å². The van der Waals surface area contributed by atoms with Crippen LogP contribution >= 0.6 is 0 Å². The van der Waals surface area contributed by atoms with Gasteiger partial charge in [-0.2, -0.15) is 0 Å². The number of halogens is 1. The molecule has 0 aromatic heterocycles. The van der Waals surface area contributed by atoms with E-state index < -0.39 is 5.60 Å². The molecule has 166 valence electrons. The number of aliphatic hydroxyl groups is 1. The maximum atomic E-state index is 14.0. The zero-order valence-corrected chi connectivity index (χ0v) is 18.9. The van der Waals surface area contributed by atoms with Gasteiger partial charge in [0.25, 0.3) is 0 Å². The summed E-state index contributed by atoms with van der Waals surface area (Å²) in [6.45, 7) is 6.59. The van der Waals surface area contributed by atoms with Gasteiger partial charge in [0, 0.05) is 12.6 Å². The number of allylic oxidation sites excluding steroid dienone is 1. The minimum atomic E-state index is -0.710. The SMILES string of the molecule is CN1CCC(C2=CN(Cc3ccc(CC(C)(C)O)cc3)Nc3ccc(F)cc3C2)CC1. The van der Waals surface area contributed by atoms with Crippen molar-refractivity contribution in [3.63, 3.8) is 0 Å². The summed E-state index contributed by atoms with van der Waals surface area (Å²) in [4.78, 5) is 2.38. The fourth-order valence-corrected chi connectivity index (χ4v) is 4.64. The summed E-state index contributed by atoms with van der Waals surface area (Å²) in [5, 5.41) is 12.2. The number of hydrogen-bond acceptors (Lipinski definition) is 4. The first-order chi connectivity index (χ1) is 14.7. The van der Waals surface area contributed by atoms with Gasteiger partial charge in [-0.25, -0.2) is 4.39 Å². The van der Waals surface area contributed by atoms with Crippen molar-refractivity contribution in [2.45, 2.75) is 51.7 Å². The highest BCUT2D eigenvalue weighted by Crippen LogP contribution is 2.32. The van der Waals surface area contributed by atoms with Gasteiger partial charge in [0.1, 0.15) is 5.82 Å². The van der Waals surface area contributed by atoms with Crippen LogP contribution in [0.4, 0.5) is 10.1 Å². The third-order valence-electron chi connectivity index (χ3n) is 6.30. The first-order valence-corrected chi connectivity index (χ1v) is 11.3. The molecule has 2 aliphatic rings. The molecule has 0 unspecified atom stereocenters. The number of hydrogen-bond donors (Lipinski definition) is 2. The second-order valence-corrected chi connectivity index (χ2v) is 9.81. The van der Waals surface area contributed by atoms with Crippen molar-refractivity contribution in [3.05, 3.63) is 76.7 Å². The van der Waals surface area contributed by atoms with E-state index in [0.717, 1.165) is 55.7 Å². The lowest BCUT2D eigenvalue weighted by molar-refractivity contribution is 0.0810. The summed E-state index contributed by atoms with van der Waals surface area (Å²) in [6, 6.07) is 13.5. The van der Waals surface area contributed by atoms with Crippen LogP contribution in [0.15, 0.2) is 54.2 Å². The Hall–Kier alpha value is -2.37. The van der Waals surface area contributed by atoms with Crippen molar-refractivity contribution in [3.8, 4) is 0 Å². The fourth-order valence-electron chi connectivity index (χ4n) is 4.64. The van der Waals surface area contributed by atoms with Crippen LogP contribution in [0.3, 0.4) is 0 Å². The third kappa shape index (κ3) is 5.86. The number of rotatable bonds is 5. The second-order valence-electron chi connectivity index (χ2n) is 9.81. The van der Waals surface area contributed by atoms with Crippen LogP contribution in [0, 0.1) is 11.7 Å². The molecule has 0 saturated carbocycles.